The SMILES string of the molecule is Cl.FC(F)(F)c1cccc([C@@H](c2ccsc2)N2CCNCC2)c1. The van der Waals surface area contributed by atoms with Crippen LogP contribution in [0.4, 0.5) is 13.2 Å². The van der Waals surface area contributed by atoms with Gasteiger partial charge in [0.1, 0.15) is 0 Å². The molecule has 0 aliphatic carbocycles. The number of thiophene rings is 1. The Morgan fingerprint density at radius 2 is 1.83 bits per heavy atom. The minimum atomic E-state index is -4.31. The molecule has 126 valence electrons. The second kappa shape index (κ2) is 7.66. The fraction of sp³-hybridized carbons (Fsp3) is 0.375. The molecule has 0 unspecified atom stereocenters. The van der Waals surface area contributed by atoms with E-state index in [0.717, 1.165) is 37.8 Å². The van der Waals surface area contributed by atoms with E-state index in [2.05, 4.69) is 10.2 Å². The summed E-state index contributed by atoms with van der Waals surface area (Å²) >= 11 is 1.57. The van der Waals surface area contributed by atoms with E-state index >= 15 is 0 Å². The fourth-order valence-electron chi connectivity index (χ4n) is 2.87. The Kier molecular flexibility index (Phi) is 6.08. The number of halogens is 4. The zero-order valence-corrected chi connectivity index (χ0v) is 14.0. The number of benzene rings is 1. The van der Waals surface area contributed by atoms with Crippen LogP contribution in [0.2, 0.25) is 0 Å². The van der Waals surface area contributed by atoms with E-state index in [4.69, 9.17) is 0 Å². The Morgan fingerprint density at radius 3 is 2.43 bits per heavy atom. The average Bonchev–Trinajstić information content (AvgIpc) is 3.02. The zero-order chi connectivity index (χ0) is 15.6. The molecule has 0 saturated carbocycles. The molecule has 2 aromatic rings. The van der Waals surface area contributed by atoms with Gasteiger partial charge in [0.2, 0.25) is 0 Å². The van der Waals surface area contributed by atoms with Gasteiger partial charge < -0.3 is 5.32 Å². The summed E-state index contributed by atoms with van der Waals surface area (Å²) in [5.74, 6) is 0. The molecule has 0 amide bonds. The van der Waals surface area contributed by atoms with Gasteiger partial charge in [-0.15, -0.1) is 12.4 Å². The van der Waals surface area contributed by atoms with Crippen LogP contribution < -0.4 is 5.32 Å². The number of hydrogen-bond acceptors (Lipinski definition) is 3. The molecule has 0 radical (unpaired) electrons. The van der Waals surface area contributed by atoms with Crippen molar-refractivity contribution in [2.45, 2.75) is 12.2 Å². The summed E-state index contributed by atoms with van der Waals surface area (Å²) < 4.78 is 39.0. The molecule has 1 saturated heterocycles. The largest absolute Gasteiger partial charge is 0.416 e. The number of rotatable bonds is 3. The minimum Gasteiger partial charge on any atom is -0.314 e. The predicted molar refractivity (Wildman–Crippen MR) is 89.3 cm³/mol. The van der Waals surface area contributed by atoms with Crippen molar-refractivity contribution in [1.29, 1.82) is 0 Å². The maximum Gasteiger partial charge on any atom is 0.416 e. The van der Waals surface area contributed by atoms with Gasteiger partial charge >= 0.3 is 6.18 Å². The molecule has 1 aromatic heterocycles. The summed E-state index contributed by atoms with van der Waals surface area (Å²) in [6.45, 7) is 3.38. The Balaban J connectivity index is 0.00000192. The Hall–Kier alpha value is -1.08. The summed E-state index contributed by atoms with van der Waals surface area (Å²) in [5, 5.41) is 7.27. The van der Waals surface area contributed by atoms with Gasteiger partial charge in [0, 0.05) is 26.2 Å². The van der Waals surface area contributed by atoms with Gasteiger partial charge in [-0.3, -0.25) is 4.90 Å². The fourth-order valence-corrected chi connectivity index (χ4v) is 3.55. The van der Waals surface area contributed by atoms with Crippen LogP contribution in [0.1, 0.15) is 22.7 Å². The molecule has 1 aliphatic rings. The molecular formula is C16H18ClF3N2S. The van der Waals surface area contributed by atoms with Crippen molar-refractivity contribution in [3.05, 3.63) is 57.8 Å². The molecule has 23 heavy (non-hydrogen) atoms. The van der Waals surface area contributed by atoms with Crippen molar-refractivity contribution in [1.82, 2.24) is 10.2 Å². The molecule has 7 heteroatoms. The van der Waals surface area contributed by atoms with E-state index in [1.165, 1.54) is 12.1 Å². The summed E-state index contributed by atoms with van der Waals surface area (Å²) in [5.41, 5.74) is 1.18. The minimum absolute atomic E-state index is 0. The van der Waals surface area contributed by atoms with Gasteiger partial charge in [-0.2, -0.15) is 24.5 Å². The number of alkyl halides is 3. The summed E-state index contributed by atoms with van der Waals surface area (Å²) in [7, 11) is 0. The van der Waals surface area contributed by atoms with Crippen LogP contribution in [0.25, 0.3) is 0 Å². The van der Waals surface area contributed by atoms with Crippen LogP contribution in [0.3, 0.4) is 0 Å². The van der Waals surface area contributed by atoms with Crippen molar-refractivity contribution in [3.8, 4) is 0 Å². The first kappa shape index (κ1) is 18.3. The normalized spacial score (nSPS) is 17.5. The molecule has 1 N–H and O–H groups in total. The van der Waals surface area contributed by atoms with Gasteiger partial charge in [0.25, 0.3) is 0 Å². The van der Waals surface area contributed by atoms with Crippen LogP contribution in [0.5, 0.6) is 0 Å². The lowest BCUT2D eigenvalue weighted by molar-refractivity contribution is -0.137. The van der Waals surface area contributed by atoms with Crippen LogP contribution in [-0.4, -0.2) is 31.1 Å². The molecule has 0 bridgehead atoms. The van der Waals surface area contributed by atoms with Gasteiger partial charge in [0.05, 0.1) is 11.6 Å². The first-order chi connectivity index (χ1) is 10.6. The maximum atomic E-state index is 13.0. The third-order valence-corrected chi connectivity index (χ3v) is 4.61. The Labute approximate surface area is 143 Å². The van der Waals surface area contributed by atoms with Crippen molar-refractivity contribution < 1.29 is 13.2 Å². The Morgan fingerprint density at radius 1 is 1.09 bits per heavy atom. The van der Waals surface area contributed by atoms with Crippen LogP contribution in [-0.2, 0) is 6.18 Å². The summed E-state index contributed by atoms with van der Waals surface area (Å²) in [6.07, 6.45) is -4.31. The van der Waals surface area contributed by atoms with Crippen LogP contribution in [0.15, 0.2) is 41.1 Å². The topological polar surface area (TPSA) is 15.3 Å². The van der Waals surface area contributed by atoms with Gasteiger partial charge in [-0.1, -0.05) is 12.1 Å². The lowest BCUT2D eigenvalue weighted by atomic mass is 9.97. The molecule has 1 fully saturated rings. The van der Waals surface area contributed by atoms with E-state index in [9.17, 15) is 13.2 Å². The third kappa shape index (κ3) is 4.26. The highest BCUT2D eigenvalue weighted by molar-refractivity contribution is 7.08. The van der Waals surface area contributed by atoms with E-state index < -0.39 is 11.7 Å². The van der Waals surface area contributed by atoms with Crippen molar-refractivity contribution in [2.75, 3.05) is 26.2 Å². The molecular weight excluding hydrogens is 345 g/mol. The zero-order valence-electron chi connectivity index (χ0n) is 12.3. The Bertz CT molecular complexity index is 610. The summed E-state index contributed by atoms with van der Waals surface area (Å²) in [6, 6.07) is 7.59. The van der Waals surface area contributed by atoms with Gasteiger partial charge in [0.15, 0.2) is 0 Å². The highest BCUT2D eigenvalue weighted by Gasteiger charge is 2.32. The monoisotopic (exact) mass is 362 g/mol. The first-order valence-corrected chi connectivity index (χ1v) is 8.14. The third-order valence-electron chi connectivity index (χ3n) is 3.91. The van der Waals surface area contributed by atoms with E-state index in [-0.39, 0.29) is 18.4 Å². The highest BCUT2D eigenvalue weighted by atomic mass is 35.5. The lowest BCUT2D eigenvalue weighted by Gasteiger charge is -2.35. The van der Waals surface area contributed by atoms with Crippen molar-refractivity contribution in [2.24, 2.45) is 0 Å². The van der Waals surface area contributed by atoms with Crippen molar-refractivity contribution in [3.63, 3.8) is 0 Å². The van der Waals surface area contributed by atoms with Gasteiger partial charge in [-0.25, -0.2) is 0 Å². The first-order valence-electron chi connectivity index (χ1n) is 7.20. The second-order valence-corrected chi connectivity index (χ2v) is 6.15. The second-order valence-electron chi connectivity index (χ2n) is 5.37. The van der Waals surface area contributed by atoms with Crippen LogP contribution >= 0.6 is 23.7 Å². The van der Waals surface area contributed by atoms with Crippen molar-refractivity contribution >= 4 is 23.7 Å². The molecule has 3 rings (SSSR count). The van der Waals surface area contributed by atoms with Gasteiger partial charge in [-0.05, 0) is 40.1 Å². The number of nitrogens with one attached hydrogen (secondary N) is 1. The number of hydrogen-bond donors (Lipinski definition) is 1. The van der Waals surface area contributed by atoms with E-state index in [0.29, 0.717) is 5.56 Å². The van der Waals surface area contributed by atoms with Crippen LogP contribution in [0, 0.1) is 0 Å². The van der Waals surface area contributed by atoms with E-state index in [1.54, 1.807) is 17.4 Å². The molecule has 1 aliphatic heterocycles. The highest BCUT2D eigenvalue weighted by Crippen LogP contribution is 2.35. The average molecular weight is 363 g/mol. The van der Waals surface area contributed by atoms with E-state index in [1.807, 2.05) is 16.8 Å². The molecule has 0 spiro atoms. The summed E-state index contributed by atoms with van der Waals surface area (Å²) in [4.78, 5) is 2.24. The maximum absolute atomic E-state index is 13.0. The number of nitrogens with zero attached hydrogens (tertiary/aromatic N) is 1. The quantitative estimate of drug-likeness (QED) is 0.881. The number of piperazine rings is 1. The standard InChI is InChI=1S/C16H17F3N2S.ClH/c17-16(18,19)14-3-1-2-12(10-14)15(13-4-9-22-11-13)21-7-5-20-6-8-21;/h1-4,9-11,15,20H,5-8H2;1H/t15-;/m0./s1. The predicted octanol–water partition coefficient (Wildman–Crippen LogP) is 4.18. The molecule has 2 heterocycles. The molecule has 1 aromatic carbocycles. The smallest absolute Gasteiger partial charge is 0.314 e. The molecule has 1 atom stereocenters. The lowest BCUT2D eigenvalue weighted by Crippen LogP contribution is -2.45. The molecule has 2 nitrogen and oxygen atoms in total.